The lowest BCUT2D eigenvalue weighted by Crippen LogP contribution is -2.48. The average molecular weight is 293 g/mol. The molecule has 0 atom stereocenters. The van der Waals surface area contributed by atoms with Crippen LogP contribution in [0.2, 0.25) is 0 Å². The SMILES string of the molecule is CCCNCc1cc(F)ccc1N1CCN(C(C)=O)CC1. The Balaban J connectivity index is 2.06. The average Bonchev–Trinajstić information content (AvgIpc) is 2.48. The number of halogens is 1. The molecule has 21 heavy (non-hydrogen) atoms. The van der Waals surface area contributed by atoms with Gasteiger partial charge in [-0.15, -0.1) is 0 Å². The Morgan fingerprint density at radius 2 is 2.00 bits per heavy atom. The van der Waals surface area contributed by atoms with Gasteiger partial charge in [0.1, 0.15) is 5.82 Å². The number of amides is 1. The highest BCUT2D eigenvalue weighted by molar-refractivity contribution is 5.73. The second-order valence-electron chi connectivity index (χ2n) is 5.44. The molecule has 1 N–H and O–H groups in total. The Morgan fingerprint density at radius 1 is 1.29 bits per heavy atom. The molecule has 4 nitrogen and oxygen atoms in total. The van der Waals surface area contributed by atoms with Gasteiger partial charge >= 0.3 is 0 Å². The van der Waals surface area contributed by atoms with Crippen molar-refractivity contribution in [3.63, 3.8) is 0 Å². The van der Waals surface area contributed by atoms with E-state index in [0.29, 0.717) is 6.54 Å². The van der Waals surface area contributed by atoms with Crippen LogP contribution in [0, 0.1) is 5.82 Å². The maximum Gasteiger partial charge on any atom is 0.219 e. The summed E-state index contributed by atoms with van der Waals surface area (Å²) in [7, 11) is 0. The number of nitrogens with zero attached hydrogens (tertiary/aromatic N) is 2. The zero-order chi connectivity index (χ0) is 15.2. The van der Waals surface area contributed by atoms with Gasteiger partial charge in [0.25, 0.3) is 0 Å². The Labute approximate surface area is 125 Å². The van der Waals surface area contributed by atoms with Crippen molar-refractivity contribution in [2.24, 2.45) is 0 Å². The Morgan fingerprint density at radius 3 is 2.62 bits per heavy atom. The minimum Gasteiger partial charge on any atom is -0.368 e. The van der Waals surface area contributed by atoms with Crippen LogP contribution in [0.5, 0.6) is 0 Å². The maximum absolute atomic E-state index is 13.5. The van der Waals surface area contributed by atoms with Crippen LogP contribution in [0.1, 0.15) is 25.8 Å². The highest BCUT2D eigenvalue weighted by Gasteiger charge is 2.20. The van der Waals surface area contributed by atoms with Crippen molar-refractivity contribution >= 4 is 11.6 Å². The summed E-state index contributed by atoms with van der Waals surface area (Å²) < 4.78 is 13.5. The second-order valence-corrected chi connectivity index (χ2v) is 5.44. The molecule has 0 spiro atoms. The summed E-state index contributed by atoms with van der Waals surface area (Å²) >= 11 is 0. The van der Waals surface area contributed by atoms with Gasteiger partial charge in [-0.25, -0.2) is 4.39 Å². The fraction of sp³-hybridized carbons (Fsp3) is 0.562. The van der Waals surface area contributed by atoms with Gasteiger partial charge < -0.3 is 15.1 Å². The number of carbonyl (C=O) groups is 1. The molecular weight excluding hydrogens is 269 g/mol. The monoisotopic (exact) mass is 293 g/mol. The van der Waals surface area contributed by atoms with E-state index in [9.17, 15) is 9.18 Å². The van der Waals surface area contributed by atoms with Gasteiger partial charge in [-0.2, -0.15) is 0 Å². The van der Waals surface area contributed by atoms with Crippen molar-refractivity contribution < 1.29 is 9.18 Å². The van der Waals surface area contributed by atoms with Crippen LogP contribution >= 0.6 is 0 Å². The van der Waals surface area contributed by atoms with Crippen LogP contribution in [-0.4, -0.2) is 43.5 Å². The Hall–Kier alpha value is -1.62. The van der Waals surface area contributed by atoms with Crippen LogP contribution < -0.4 is 10.2 Å². The lowest BCUT2D eigenvalue weighted by molar-refractivity contribution is -0.129. The van der Waals surface area contributed by atoms with Crippen molar-refractivity contribution in [2.45, 2.75) is 26.8 Å². The highest BCUT2D eigenvalue weighted by atomic mass is 19.1. The third-order valence-corrected chi connectivity index (χ3v) is 3.85. The fourth-order valence-corrected chi connectivity index (χ4v) is 2.67. The Bertz CT molecular complexity index is 484. The van der Waals surface area contributed by atoms with Gasteiger partial charge in [0, 0.05) is 45.3 Å². The predicted octanol–water partition coefficient (Wildman–Crippen LogP) is 1.99. The largest absolute Gasteiger partial charge is 0.368 e. The summed E-state index contributed by atoms with van der Waals surface area (Å²) in [6.07, 6.45) is 1.06. The smallest absolute Gasteiger partial charge is 0.219 e. The van der Waals surface area contributed by atoms with Crippen LogP contribution in [0.4, 0.5) is 10.1 Å². The number of anilines is 1. The predicted molar refractivity (Wildman–Crippen MR) is 82.9 cm³/mol. The molecular formula is C16H24FN3O. The Kier molecular flexibility index (Phi) is 5.56. The number of nitrogens with one attached hydrogen (secondary N) is 1. The van der Waals surface area contributed by atoms with Crippen molar-refractivity contribution in [3.05, 3.63) is 29.6 Å². The summed E-state index contributed by atoms with van der Waals surface area (Å²) in [6.45, 7) is 8.37. The molecule has 1 saturated heterocycles. The van der Waals surface area contributed by atoms with Crippen LogP contribution in [-0.2, 0) is 11.3 Å². The van der Waals surface area contributed by atoms with E-state index >= 15 is 0 Å². The molecule has 1 heterocycles. The molecule has 0 aliphatic carbocycles. The van der Waals surface area contributed by atoms with E-state index in [-0.39, 0.29) is 11.7 Å². The van der Waals surface area contributed by atoms with E-state index in [4.69, 9.17) is 0 Å². The van der Waals surface area contributed by atoms with E-state index in [2.05, 4.69) is 17.1 Å². The molecule has 1 amide bonds. The van der Waals surface area contributed by atoms with E-state index in [1.54, 1.807) is 13.0 Å². The molecule has 0 aromatic heterocycles. The van der Waals surface area contributed by atoms with Gasteiger partial charge in [0.2, 0.25) is 5.91 Å². The summed E-state index contributed by atoms with van der Waals surface area (Å²) in [4.78, 5) is 15.5. The van der Waals surface area contributed by atoms with Crippen molar-refractivity contribution in [2.75, 3.05) is 37.6 Å². The minimum absolute atomic E-state index is 0.124. The first-order valence-electron chi connectivity index (χ1n) is 7.61. The number of hydrogen-bond donors (Lipinski definition) is 1. The van der Waals surface area contributed by atoms with Crippen molar-refractivity contribution in [1.82, 2.24) is 10.2 Å². The molecule has 2 rings (SSSR count). The second kappa shape index (κ2) is 7.41. The van der Waals surface area contributed by atoms with Crippen LogP contribution in [0.15, 0.2) is 18.2 Å². The first-order valence-corrected chi connectivity index (χ1v) is 7.61. The summed E-state index contributed by atoms with van der Waals surface area (Å²) in [5.74, 6) is -0.0759. The van der Waals surface area contributed by atoms with Gasteiger partial charge in [0.05, 0.1) is 0 Å². The van der Waals surface area contributed by atoms with E-state index < -0.39 is 0 Å². The molecule has 1 aliphatic rings. The molecule has 1 fully saturated rings. The van der Waals surface area contributed by atoms with Crippen LogP contribution in [0.25, 0.3) is 0 Å². The van der Waals surface area contributed by atoms with Gasteiger partial charge in [-0.3, -0.25) is 4.79 Å². The molecule has 0 bridgehead atoms. The summed E-state index contributed by atoms with van der Waals surface area (Å²) in [5.41, 5.74) is 2.06. The third kappa shape index (κ3) is 4.17. The first kappa shape index (κ1) is 15.8. The van der Waals surface area contributed by atoms with Crippen molar-refractivity contribution in [1.29, 1.82) is 0 Å². The van der Waals surface area contributed by atoms with Crippen LogP contribution in [0.3, 0.4) is 0 Å². The zero-order valence-corrected chi connectivity index (χ0v) is 12.9. The minimum atomic E-state index is -0.200. The lowest BCUT2D eigenvalue weighted by atomic mass is 10.1. The highest BCUT2D eigenvalue weighted by Crippen LogP contribution is 2.23. The topological polar surface area (TPSA) is 35.6 Å². The number of benzene rings is 1. The van der Waals surface area contributed by atoms with E-state index in [0.717, 1.165) is 50.4 Å². The lowest BCUT2D eigenvalue weighted by Gasteiger charge is -2.36. The maximum atomic E-state index is 13.5. The molecule has 0 unspecified atom stereocenters. The molecule has 1 aromatic rings. The number of carbonyl (C=O) groups excluding carboxylic acids is 1. The first-order chi connectivity index (χ1) is 10.1. The molecule has 1 aromatic carbocycles. The van der Waals surface area contributed by atoms with E-state index in [1.165, 1.54) is 6.07 Å². The number of piperazine rings is 1. The molecule has 0 saturated carbocycles. The normalized spacial score (nSPS) is 15.4. The van der Waals surface area contributed by atoms with E-state index in [1.807, 2.05) is 11.0 Å². The van der Waals surface area contributed by atoms with Gasteiger partial charge in [-0.05, 0) is 36.7 Å². The number of rotatable bonds is 5. The fourth-order valence-electron chi connectivity index (χ4n) is 2.67. The van der Waals surface area contributed by atoms with Crippen molar-refractivity contribution in [3.8, 4) is 0 Å². The van der Waals surface area contributed by atoms with Gasteiger partial charge in [0.15, 0.2) is 0 Å². The third-order valence-electron chi connectivity index (χ3n) is 3.85. The zero-order valence-electron chi connectivity index (χ0n) is 12.9. The standard InChI is InChI=1S/C16H24FN3O/c1-3-6-18-12-14-11-15(17)4-5-16(14)20-9-7-19(8-10-20)13(2)21/h4-5,11,18H,3,6-10,12H2,1-2H3. The summed E-state index contributed by atoms with van der Waals surface area (Å²) in [5, 5.41) is 3.33. The quantitative estimate of drug-likeness (QED) is 0.843. The van der Waals surface area contributed by atoms with Gasteiger partial charge in [-0.1, -0.05) is 6.92 Å². The molecule has 116 valence electrons. The summed E-state index contributed by atoms with van der Waals surface area (Å²) in [6, 6.07) is 4.97. The molecule has 5 heteroatoms. The molecule has 0 radical (unpaired) electrons. The molecule has 1 aliphatic heterocycles. The number of hydrogen-bond acceptors (Lipinski definition) is 3.